The Morgan fingerprint density at radius 3 is 2.92 bits per heavy atom. The van der Waals surface area contributed by atoms with Crippen LogP contribution in [0.4, 0.5) is 5.95 Å². The fraction of sp³-hybridized carbons (Fsp3) is 0.667. The number of hydrogen-bond acceptors (Lipinski definition) is 2. The van der Waals surface area contributed by atoms with Crippen LogP contribution in [0.5, 0.6) is 0 Å². The summed E-state index contributed by atoms with van der Waals surface area (Å²) in [7, 11) is 0. The molecule has 1 heterocycles. The van der Waals surface area contributed by atoms with Gasteiger partial charge in [0.25, 0.3) is 0 Å². The molecule has 0 saturated heterocycles. The highest BCUT2D eigenvalue weighted by Crippen LogP contribution is 2.08. The van der Waals surface area contributed by atoms with Gasteiger partial charge in [0.05, 0.1) is 0 Å². The third kappa shape index (κ3) is 2.62. The highest BCUT2D eigenvalue weighted by molar-refractivity contribution is 6.18. The van der Waals surface area contributed by atoms with Crippen LogP contribution in [0.1, 0.15) is 20.3 Å². The van der Waals surface area contributed by atoms with Crippen molar-refractivity contribution in [2.75, 3.05) is 11.2 Å². The Morgan fingerprint density at radius 1 is 1.62 bits per heavy atom. The lowest BCUT2D eigenvalue weighted by atomic mass is 10.3. The van der Waals surface area contributed by atoms with Gasteiger partial charge in [-0.1, -0.05) is 6.92 Å². The molecule has 1 aromatic rings. The normalized spacial score (nSPS) is 12.8. The molecule has 4 heteroatoms. The number of hydrogen-bond donors (Lipinski definition) is 1. The van der Waals surface area contributed by atoms with Crippen molar-refractivity contribution < 1.29 is 0 Å². The van der Waals surface area contributed by atoms with E-state index in [1.165, 1.54) is 0 Å². The molecule has 0 aliphatic rings. The lowest BCUT2D eigenvalue weighted by molar-refractivity contribution is 0.715. The van der Waals surface area contributed by atoms with Gasteiger partial charge in [0.1, 0.15) is 0 Å². The number of halogens is 1. The quantitative estimate of drug-likeness (QED) is 0.742. The molecule has 13 heavy (non-hydrogen) atoms. The fourth-order valence-electron chi connectivity index (χ4n) is 1.14. The predicted molar refractivity (Wildman–Crippen MR) is 56.3 cm³/mol. The zero-order valence-electron chi connectivity index (χ0n) is 8.13. The Balaban J connectivity index is 2.61. The van der Waals surface area contributed by atoms with Gasteiger partial charge in [-0.2, -0.15) is 0 Å². The van der Waals surface area contributed by atoms with Crippen LogP contribution < -0.4 is 5.32 Å². The Kier molecular flexibility index (Phi) is 4.09. The number of nitrogens with one attached hydrogen (secondary N) is 1. The average Bonchev–Trinajstić information content (AvgIpc) is 2.61. The van der Waals surface area contributed by atoms with Gasteiger partial charge in [0.15, 0.2) is 0 Å². The van der Waals surface area contributed by atoms with E-state index in [1.54, 1.807) is 6.20 Å². The second-order valence-electron chi connectivity index (χ2n) is 2.94. The Bertz CT molecular complexity index is 243. The van der Waals surface area contributed by atoms with Gasteiger partial charge in [-0.25, -0.2) is 4.98 Å². The van der Waals surface area contributed by atoms with Crippen molar-refractivity contribution in [2.24, 2.45) is 0 Å². The minimum absolute atomic E-state index is 0.314. The number of imidazole rings is 1. The van der Waals surface area contributed by atoms with E-state index in [2.05, 4.69) is 28.7 Å². The van der Waals surface area contributed by atoms with Crippen molar-refractivity contribution in [1.82, 2.24) is 9.55 Å². The van der Waals surface area contributed by atoms with Crippen LogP contribution in [0.2, 0.25) is 0 Å². The molecule has 1 rings (SSSR count). The van der Waals surface area contributed by atoms with Gasteiger partial charge in [-0.05, 0) is 13.3 Å². The number of anilines is 1. The van der Waals surface area contributed by atoms with Gasteiger partial charge in [-0.15, -0.1) is 11.6 Å². The highest BCUT2D eigenvalue weighted by Gasteiger charge is 2.07. The molecule has 74 valence electrons. The minimum Gasteiger partial charge on any atom is -0.352 e. The van der Waals surface area contributed by atoms with Crippen LogP contribution in [0.15, 0.2) is 12.4 Å². The van der Waals surface area contributed by atoms with Crippen LogP contribution >= 0.6 is 11.6 Å². The predicted octanol–water partition coefficient (Wildman–Crippen LogP) is 2.33. The summed E-state index contributed by atoms with van der Waals surface area (Å²) in [4.78, 5) is 4.22. The number of aryl methyl sites for hydroxylation is 1. The maximum Gasteiger partial charge on any atom is 0.203 e. The first kappa shape index (κ1) is 10.4. The minimum atomic E-state index is 0.314. The van der Waals surface area contributed by atoms with E-state index in [-0.39, 0.29) is 0 Å². The van der Waals surface area contributed by atoms with Gasteiger partial charge in [0, 0.05) is 30.9 Å². The molecule has 1 unspecified atom stereocenters. The topological polar surface area (TPSA) is 29.9 Å². The summed E-state index contributed by atoms with van der Waals surface area (Å²) in [5.74, 6) is 1.53. The fourth-order valence-corrected chi connectivity index (χ4v) is 1.43. The third-order valence-corrected chi connectivity index (χ3v) is 2.44. The lowest BCUT2D eigenvalue weighted by Gasteiger charge is -2.15. The third-order valence-electron chi connectivity index (χ3n) is 2.07. The van der Waals surface area contributed by atoms with Crippen molar-refractivity contribution >= 4 is 17.5 Å². The molecular formula is C9H16ClN3. The molecule has 0 aliphatic heterocycles. The largest absolute Gasteiger partial charge is 0.352 e. The van der Waals surface area contributed by atoms with E-state index in [0.29, 0.717) is 11.9 Å². The van der Waals surface area contributed by atoms with Crippen molar-refractivity contribution in [3.8, 4) is 0 Å². The first-order chi connectivity index (χ1) is 6.31. The van der Waals surface area contributed by atoms with E-state index >= 15 is 0 Å². The Labute approximate surface area is 84.1 Å². The highest BCUT2D eigenvalue weighted by atomic mass is 35.5. The van der Waals surface area contributed by atoms with Crippen molar-refractivity contribution in [3.05, 3.63) is 12.4 Å². The maximum absolute atomic E-state index is 5.78. The molecule has 0 spiro atoms. The van der Waals surface area contributed by atoms with E-state index in [9.17, 15) is 0 Å². The molecule has 0 amide bonds. The first-order valence-electron chi connectivity index (χ1n) is 4.65. The molecular weight excluding hydrogens is 186 g/mol. The molecule has 0 fully saturated rings. The summed E-state index contributed by atoms with van der Waals surface area (Å²) >= 11 is 5.78. The zero-order chi connectivity index (χ0) is 9.68. The first-order valence-corrected chi connectivity index (χ1v) is 5.18. The van der Waals surface area contributed by atoms with Crippen molar-refractivity contribution in [1.29, 1.82) is 0 Å². The van der Waals surface area contributed by atoms with Gasteiger partial charge in [-0.3, -0.25) is 0 Å². The van der Waals surface area contributed by atoms with Crippen LogP contribution in [0, 0.1) is 0 Å². The summed E-state index contributed by atoms with van der Waals surface area (Å²) in [5.41, 5.74) is 0. The van der Waals surface area contributed by atoms with Crippen LogP contribution in [-0.2, 0) is 6.54 Å². The molecule has 1 aromatic heterocycles. The van der Waals surface area contributed by atoms with Crippen molar-refractivity contribution in [3.63, 3.8) is 0 Å². The summed E-state index contributed by atoms with van der Waals surface area (Å²) in [6.45, 7) is 5.13. The van der Waals surface area contributed by atoms with Gasteiger partial charge >= 0.3 is 0 Å². The van der Waals surface area contributed by atoms with Crippen LogP contribution in [0.25, 0.3) is 0 Å². The maximum atomic E-state index is 5.78. The molecule has 0 saturated carbocycles. The molecule has 0 bridgehead atoms. The molecule has 0 aliphatic carbocycles. The summed E-state index contributed by atoms with van der Waals surface area (Å²) in [5, 5.41) is 3.30. The molecule has 1 N–H and O–H groups in total. The summed E-state index contributed by atoms with van der Waals surface area (Å²) in [6, 6.07) is 0.314. The van der Waals surface area contributed by atoms with E-state index in [1.807, 2.05) is 6.20 Å². The Morgan fingerprint density at radius 2 is 2.38 bits per heavy atom. The number of nitrogens with zero attached hydrogens (tertiary/aromatic N) is 2. The number of rotatable bonds is 5. The smallest absolute Gasteiger partial charge is 0.203 e. The molecule has 1 atom stereocenters. The summed E-state index contributed by atoms with van der Waals surface area (Å²) in [6.07, 6.45) is 4.77. The lowest BCUT2D eigenvalue weighted by Crippen LogP contribution is -2.22. The molecule has 3 nitrogen and oxygen atoms in total. The SMILES string of the molecule is CCC(CCl)Nc1nccn1CC. The second-order valence-corrected chi connectivity index (χ2v) is 3.25. The molecule has 0 aromatic carbocycles. The van der Waals surface area contributed by atoms with Crippen molar-refractivity contribution in [2.45, 2.75) is 32.9 Å². The van der Waals surface area contributed by atoms with E-state index < -0.39 is 0 Å². The standard InChI is InChI=1S/C9H16ClN3/c1-3-8(7-10)12-9-11-5-6-13(9)4-2/h5-6,8H,3-4,7H2,1-2H3,(H,11,12). The van der Waals surface area contributed by atoms with Gasteiger partial charge < -0.3 is 9.88 Å². The van der Waals surface area contributed by atoms with Gasteiger partial charge in [0.2, 0.25) is 5.95 Å². The monoisotopic (exact) mass is 201 g/mol. The Hall–Kier alpha value is -0.700. The van der Waals surface area contributed by atoms with E-state index in [0.717, 1.165) is 18.9 Å². The van der Waals surface area contributed by atoms with Crippen LogP contribution in [-0.4, -0.2) is 21.5 Å². The average molecular weight is 202 g/mol. The van der Waals surface area contributed by atoms with Crippen LogP contribution in [0.3, 0.4) is 0 Å². The number of alkyl halides is 1. The second kappa shape index (κ2) is 5.12. The van der Waals surface area contributed by atoms with E-state index in [4.69, 9.17) is 11.6 Å². The zero-order valence-corrected chi connectivity index (χ0v) is 8.88. The molecule has 0 radical (unpaired) electrons. The number of aromatic nitrogens is 2. The summed E-state index contributed by atoms with van der Waals surface area (Å²) < 4.78 is 2.06.